The Morgan fingerprint density at radius 2 is 2.18 bits per heavy atom. The zero-order chi connectivity index (χ0) is 8.65. The number of hydrogen-bond donors (Lipinski definition) is 1. The lowest BCUT2D eigenvalue weighted by Gasteiger charge is -2.04. The summed E-state index contributed by atoms with van der Waals surface area (Å²) in [6.07, 6.45) is 1.80. The second-order valence-corrected chi connectivity index (χ2v) is 6.55. The smallest absolute Gasteiger partial charge is 0.156 e. The average Bonchev–Trinajstić information content (AvgIpc) is 2.08. The molecule has 1 aliphatic rings. The molecule has 2 unspecified atom stereocenters. The Labute approximate surface area is 71.0 Å². The topological polar surface area (TPSA) is 58.0 Å². The summed E-state index contributed by atoms with van der Waals surface area (Å²) >= 11 is 1.36. The van der Waals surface area contributed by atoms with Crippen molar-refractivity contribution < 1.29 is 8.42 Å². The van der Waals surface area contributed by atoms with Crippen molar-refractivity contribution in [1.29, 1.82) is 5.41 Å². The maximum absolute atomic E-state index is 11.0. The van der Waals surface area contributed by atoms with Crippen LogP contribution < -0.4 is 0 Å². The molecule has 0 aromatic rings. The van der Waals surface area contributed by atoms with E-state index in [4.69, 9.17) is 5.41 Å². The van der Waals surface area contributed by atoms with Crippen molar-refractivity contribution in [2.75, 3.05) is 6.26 Å². The van der Waals surface area contributed by atoms with Crippen LogP contribution in [0.25, 0.3) is 0 Å². The first-order chi connectivity index (χ1) is 4.91. The summed E-state index contributed by atoms with van der Waals surface area (Å²) in [4.78, 5) is 0. The van der Waals surface area contributed by atoms with Crippen molar-refractivity contribution in [3.05, 3.63) is 0 Å². The zero-order valence-electron chi connectivity index (χ0n) is 6.49. The molecule has 5 heteroatoms. The van der Waals surface area contributed by atoms with E-state index in [-0.39, 0.29) is 5.25 Å². The summed E-state index contributed by atoms with van der Waals surface area (Å²) in [7, 11) is -3.03. The fourth-order valence-corrected chi connectivity index (χ4v) is 3.93. The summed E-state index contributed by atoms with van der Waals surface area (Å²) in [5.74, 6) is 0. The van der Waals surface area contributed by atoms with Gasteiger partial charge in [-0.1, -0.05) is 6.92 Å². The van der Waals surface area contributed by atoms with Gasteiger partial charge in [0.05, 0.1) is 5.04 Å². The van der Waals surface area contributed by atoms with Crippen molar-refractivity contribution >= 4 is 26.6 Å². The zero-order valence-corrected chi connectivity index (χ0v) is 8.13. The predicted octanol–water partition coefficient (Wildman–Crippen LogP) is 0.902. The van der Waals surface area contributed by atoms with Crippen LogP contribution in [-0.4, -0.2) is 30.2 Å². The summed E-state index contributed by atoms with van der Waals surface area (Å²) < 4.78 is 22.1. The van der Waals surface area contributed by atoms with E-state index in [1.54, 1.807) is 0 Å². The summed E-state index contributed by atoms with van der Waals surface area (Å²) in [6, 6.07) is 0. The minimum atomic E-state index is -3.03. The van der Waals surface area contributed by atoms with E-state index in [0.29, 0.717) is 11.5 Å². The number of rotatable bonds is 1. The first-order valence-corrected chi connectivity index (χ1v) is 6.18. The second-order valence-electron chi connectivity index (χ2n) is 2.85. The molecule has 1 aliphatic heterocycles. The van der Waals surface area contributed by atoms with Crippen molar-refractivity contribution in [1.82, 2.24) is 0 Å². The van der Waals surface area contributed by atoms with Crippen LogP contribution in [0.15, 0.2) is 0 Å². The SMILES string of the molecule is CC1CC(S(C)(=O)=O)C(=N)S1. The largest absolute Gasteiger partial charge is 0.297 e. The Hall–Kier alpha value is -0.0300. The van der Waals surface area contributed by atoms with Crippen LogP contribution in [0.5, 0.6) is 0 Å². The Morgan fingerprint density at radius 3 is 2.36 bits per heavy atom. The maximum Gasteiger partial charge on any atom is 0.156 e. The van der Waals surface area contributed by atoms with E-state index >= 15 is 0 Å². The van der Waals surface area contributed by atoms with E-state index in [0.717, 1.165) is 0 Å². The Kier molecular flexibility index (Phi) is 2.29. The highest BCUT2D eigenvalue weighted by molar-refractivity contribution is 8.16. The maximum atomic E-state index is 11.0. The highest BCUT2D eigenvalue weighted by atomic mass is 32.2. The normalized spacial score (nSPS) is 32.7. The van der Waals surface area contributed by atoms with Gasteiger partial charge in [0, 0.05) is 11.5 Å². The standard InChI is InChI=1S/C6H11NO2S2/c1-4-3-5(6(7)10-4)11(2,8)9/h4-5,7H,3H2,1-2H3. The van der Waals surface area contributed by atoms with Crippen LogP contribution in [0.3, 0.4) is 0 Å². The molecule has 0 saturated carbocycles. The molecule has 0 aliphatic carbocycles. The van der Waals surface area contributed by atoms with Crippen LogP contribution in [-0.2, 0) is 9.84 Å². The van der Waals surface area contributed by atoms with E-state index in [1.165, 1.54) is 18.0 Å². The first kappa shape index (κ1) is 9.06. The number of hydrogen-bond acceptors (Lipinski definition) is 4. The molecule has 1 saturated heterocycles. The van der Waals surface area contributed by atoms with Gasteiger partial charge in [-0.15, -0.1) is 11.8 Å². The lowest BCUT2D eigenvalue weighted by Crippen LogP contribution is -2.22. The van der Waals surface area contributed by atoms with Gasteiger partial charge in [0.1, 0.15) is 5.25 Å². The van der Waals surface area contributed by atoms with Crippen LogP contribution >= 0.6 is 11.8 Å². The predicted molar refractivity (Wildman–Crippen MR) is 48.0 cm³/mol. The molecule has 0 spiro atoms. The quantitative estimate of drug-likeness (QED) is 0.673. The van der Waals surface area contributed by atoms with Crippen molar-refractivity contribution in [2.45, 2.75) is 23.8 Å². The molecule has 1 rings (SSSR count). The fourth-order valence-electron chi connectivity index (χ4n) is 1.12. The summed E-state index contributed by atoms with van der Waals surface area (Å²) in [6.45, 7) is 1.95. The van der Waals surface area contributed by atoms with Crippen LogP contribution in [0.4, 0.5) is 0 Å². The molecular formula is C6H11NO2S2. The third kappa shape index (κ3) is 1.96. The fraction of sp³-hybridized carbons (Fsp3) is 0.833. The third-order valence-corrected chi connectivity index (χ3v) is 4.43. The molecular weight excluding hydrogens is 182 g/mol. The van der Waals surface area contributed by atoms with Gasteiger partial charge in [0.2, 0.25) is 0 Å². The van der Waals surface area contributed by atoms with Gasteiger partial charge in [0.15, 0.2) is 9.84 Å². The first-order valence-electron chi connectivity index (χ1n) is 3.35. The van der Waals surface area contributed by atoms with Gasteiger partial charge < -0.3 is 0 Å². The Morgan fingerprint density at radius 1 is 1.64 bits per heavy atom. The molecule has 1 fully saturated rings. The molecule has 1 heterocycles. The minimum Gasteiger partial charge on any atom is -0.297 e. The van der Waals surface area contributed by atoms with Gasteiger partial charge in [-0.05, 0) is 6.42 Å². The molecule has 0 radical (unpaired) electrons. The number of thioether (sulfide) groups is 1. The summed E-state index contributed by atoms with van der Waals surface area (Å²) in [5, 5.41) is 7.44. The molecule has 1 N–H and O–H groups in total. The molecule has 64 valence electrons. The molecule has 0 aromatic carbocycles. The van der Waals surface area contributed by atoms with E-state index in [1.807, 2.05) is 6.92 Å². The van der Waals surface area contributed by atoms with Crippen molar-refractivity contribution in [2.24, 2.45) is 0 Å². The van der Waals surface area contributed by atoms with Crippen LogP contribution in [0.2, 0.25) is 0 Å². The van der Waals surface area contributed by atoms with Gasteiger partial charge in [-0.25, -0.2) is 8.42 Å². The Bertz CT molecular complexity index is 270. The lowest BCUT2D eigenvalue weighted by molar-refractivity contribution is 0.594. The monoisotopic (exact) mass is 193 g/mol. The van der Waals surface area contributed by atoms with E-state index in [9.17, 15) is 8.42 Å². The van der Waals surface area contributed by atoms with E-state index in [2.05, 4.69) is 0 Å². The highest BCUT2D eigenvalue weighted by Gasteiger charge is 2.34. The molecule has 11 heavy (non-hydrogen) atoms. The molecule has 0 amide bonds. The Balaban J connectivity index is 2.85. The highest BCUT2D eigenvalue weighted by Crippen LogP contribution is 2.31. The van der Waals surface area contributed by atoms with Crippen LogP contribution in [0, 0.1) is 5.41 Å². The minimum absolute atomic E-state index is 0.280. The van der Waals surface area contributed by atoms with Gasteiger partial charge >= 0.3 is 0 Å². The average molecular weight is 193 g/mol. The number of nitrogens with one attached hydrogen (secondary N) is 1. The molecule has 2 atom stereocenters. The van der Waals surface area contributed by atoms with Crippen molar-refractivity contribution in [3.8, 4) is 0 Å². The summed E-state index contributed by atoms with van der Waals surface area (Å²) in [5.41, 5.74) is 0. The van der Waals surface area contributed by atoms with Gasteiger partial charge in [0.25, 0.3) is 0 Å². The lowest BCUT2D eigenvalue weighted by atomic mass is 10.3. The molecule has 3 nitrogen and oxygen atoms in total. The van der Waals surface area contributed by atoms with Crippen LogP contribution in [0.1, 0.15) is 13.3 Å². The van der Waals surface area contributed by atoms with Gasteiger partial charge in [-0.2, -0.15) is 0 Å². The van der Waals surface area contributed by atoms with Gasteiger partial charge in [-0.3, -0.25) is 5.41 Å². The second kappa shape index (κ2) is 2.79. The molecule has 0 aromatic heterocycles. The number of sulfone groups is 1. The van der Waals surface area contributed by atoms with E-state index < -0.39 is 15.1 Å². The van der Waals surface area contributed by atoms with Crippen molar-refractivity contribution in [3.63, 3.8) is 0 Å². The molecule has 0 bridgehead atoms. The third-order valence-electron chi connectivity index (χ3n) is 1.68.